The first kappa shape index (κ1) is 15.3. The van der Waals surface area contributed by atoms with Gasteiger partial charge in [0.2, 0.25) is 5.91 Å². The molecule has 0 unspecified atom stereocenters. The molecule has 0 aliphatic carbocycles. The number of carbonyl (C=O) groups excluding carboxylic acids is 1. The molecule has 1 N–H and O–H groups in total. The highest BCUT2D eigenvalue weighted by molar-refractivity contribution is 6.00. The summed E-state index contributed by atoms with van der Waals surface area (Å²) in [6, 6.07) is 7.73. The van der Waals surface area contributed by atoms with Crippen molar-refractivity contribution in [2.45, 2.75) is 44.4 Å². The van der Waals surface area contributed by atoms with Gasteiger partial charge in [0.25, 0.3) is 0 Å². The molecular weight excluding hydrogens is 280 g/mol. The van der Waals surface area contributed by atoms with Crippen LogP contribution in [-0.2, 0) is 9.53 Å². The average Bonchev–Trinajstić information content (AvgIpc) is 3.18. The maximum Gasteiger partial charge on any atom is 0.244 e. The van der Waals surface area contributed by atoms with Crippen LogP contribution in [0.4, 0.5) is 5.69 Å². The van der Waals surface area contributed by atoms with Gasteiger partial charge in [-0.15, -0.1) is 0 Å². The minimum atomic E-state index is -0.135. The van der Waals surface area contributed by atoms with Gasteiger partial charge in [0, 0.05) is 19.2 Å². The minimum absolute atomic E-state index is 0.120. The molecule has 5 heteroatoms. The van der Waals surface area contributed by atoms with Crippen LogP contribution < -0.4 is 15.0 Å². The van der Waals surface area contributed by atoms with E-state index in [-0.39, 0.29) is 24.1 Å². The molecular formula is C17H24N2O3. The Bertz CT molecular complexity index is 528. The first-order valence-electron chi connectivity index (χ1n) is 8.02. The van der Waals surface area contributed by atoms with Gasteiger partial charge in [-0.3, -0.25) is 4.79 Å². The van der Waals surface area contributed by atoms with E-state index in [4.69, 9.17) is 9.47 Å². The summed E-state index contributed by atoms with van der Waals surface area (Å²) >= 11 is 0. The second-order valence-electron chi connectivity index (χ2n) is 6.01. The lowest BCUT2D eigenvalue weighted by Gasteiger charge is -2.24. The number of nitrogens with zero attached hydrogens (tertiary/aromatic N) is 1. The SMILES string of the molecule is COc1ccccc1N1CC[C@H](N[C@H](C)[C@H]2CCCO2)C1=O. The molecule has 3 rings (SSSR count). The number of methoxy groups -OCH3 is 1. The van der Waals surface area contributed by atoms with Gasteiger partial charge in [-0.2, -0.15) is 0 Å². The van der Waals surface area contributed by atoms with Gasteiger partial charge in [0.05, 0.1) is 24.9 Å². The Kier molecular flexibility index (Phi) is 4.64. The monoisotopic (exact) mass is 304 g/mol. The molecule has 0 aromatic heterocycles. The Morgan fingerprint density at radius 1 is 1.36 bits per heavy atom. The second kappa shape index (κ2) is 6.67. The number of hydrogen-bond donors (Lipinski definition) is 1. The van der Waals surface area contributed by atoms with E-state index in [2.05, 4.69) is 12.2 Å². The van der Waals surface area contributed by atoms with Crippen molar-refractivity contribution in [2.75, 3.05) is 25.2 Å². The summed E-state index contributed by atoms with van der Waals surface area (Å²) in [5, 5.41) is 3.45. The van der Waals surface area contributed by atoms with Crippen LogP contribution in [-0.4, -0.2) is 44.4 Å². The lowest BCUT2D eigenvalue weighted by atomic mass is 10.1. The van der Waals surface area contributed by atoms with Crippen molar-refractivity contribution in [1.29, 1.82) is 0 Å². The number of carbonyl (C=O) groups is 1. The minimum Gasteiger partial charge on any atom is -0.495 e. The summed E-state index contributed by atoms with van der Waals surface area (Å²) < 4.78 is 11.1. The fraction of sp³-hybridized carbons (Fsp3) is 0.588. The summed E-state index contributed by atoms with van der Waals surface area (Å²) in [6.45, 7) is 3.66. The van der Waals surface area contributed by atoms with E-state index in [0.29, 0.717) is 0 Å². The van der Waals surface area contributed by atoms with Gasteiger partial charge in [-0.25, -0.2) is 0 Å². The molecule has 2 aliphatic rings. The fourth-order valence-electron chi connectivity index (χ4n) is 3.35. The molecule has 2 heterocycles. The molecule has 0 bridgehead atoms. The maximum atomic E-state index is 12.7. The third-order valence-corrected chi connectivity index (χ3v) is 4.57. The van der Waals surface area contributed by atoms with Crippen LogP contribution in [0.25, 0.3) is 0 Å². The molecule has 0 radical (unpaired) electrons. The molecule has 22 heavy (non-hydrogen) atoms. The maximum absolute atomic E-state index is 12.7. The highest BCUT2D eigenvalue weighted by Crippen LogP contribution is 2.31. The zero-order valence-electron chi connectivity index (χ0n) is 13.2. The van der Waals surface area contributed by atoms with Crippen molar-refractivity contribution in [3.8, 4) is 5.75 Å². The molecule has 0 saturated carbocycles. The highest BCUT2D eigenvalue weighted by atomic mass is 16.5. The summed E-state index contributed by atoms with van der Waals surface area (Å²) in [4.78, 5) is 14.5. The normalized spacial score (nSPS) is 26.5. The second-order valence-corrected chi connectivity index (χ2v) is 6.01. The van der Waals surface area contributed by atoms with E-state index in [1.165, 1.54) is 0 Å². The summed E-state index contributed by atoms with van der Waals surface area (Å²) in [5.41, 5.74) is 0.851. The summed E-state index contributed by atoms with van der Waals surface area (Å²) in [7, 11) is 1.63. The van der Waals surface area contributed by atoms with Crippen molar-refractivity contribution in [3.05, 3.63) is 24.3 Å². The van der Waals surface area contributed by atoms with Gasteiger partial charge in [-0.05, 0) is 38.3 Å². The number of nitrogens with one attached hydrogen (secondary N) is 1. The Balaban J connectivity index is 1.66. The average molecular weight is 304 g/mol. The molecule has 3 atom stereocenters. The van der Waals surface area contributed by atoms with Crippen LogP contribution in [0.5, 0.6) is 5.75 Å². The van der Waals surface area contributed by atoms with Gasteiger partial charge in [0.1, 0.15) is 5.75 Å². The van der Waals surface area contributed by atoms with E-state index in [9.17, 15) is 4.79 Å². The van der Waals surface area contributed by atoms with Crippen molar-refractivity contribution < 1.29 is 14.3 Å². The van der Waals surface area contributed by atoms with E-state index < -0.39 is 0 Å². The third-order valence-electron chi connectivity index (χ3n) is 4.57. The quantitative estimate of drug-likeness (QED) is 0.903. The fourth-order valence-corrected chi connectivity index (χ4v) is 3.35. The lowest BCUT2D eigenvalue weighted by molar-refractivity contribution is -0.119. The van der Waals surface area contributed by atoms with Crippen molar-refractivity contribution in [2.24, 2.45) is 0 Å². The topological polar surface area (TPSA) is 50.8 Å². The first-order chi connectivity index (χ1) is 10.7. The number of rotatable bonds is 5. The molecule has 1 aromatic rings. The van der Waals surface area contributed by atoms with Crippen LogP contribution in [0, 0.1) is 0 Å². The van der Waals surface area contributed by atoms with Crippen LogP contribution >= 0.6 is 0 Å². The molecule has 0 spiro atoms. The number of ether oxygens (including phenoxy) is 2. The van der Waals surface area contributed by atoms with Crippen LogP contribution in [0.1, 0.15) is 26.2 Å². The zero-order valence-corrected chi connectivity index (χ0v) is 13.2. The summed E-state index contributed by atoms with van der Waals surface area (Å²) in [6.07, 6.45) is 3.23. The smallest absolute Gasteiger partial charge is 0.244 e. The number of benzene rings is 1. The van der Waals surface area contributed by atoms with E-state index >= 15 is 0 Å². The Hall–Kier alpha value is -1.59. The van der Waals surface area contributed by atoms with Gasteiger partial charge < -0.3 is 19.7 Å². The molecule has 5 nitrogen and oxygen atoms in total. The number of anilines is 1. The molecule has 1 aromatic carbocycles. The Morgan fingerprint density at radius 3 is 2.91 bits per heavy atom. The third kappa shape index (κ3) is 2.96. The van der Waals surface area contributed by atoms with Crippen molar-refractivity contribution >= 4 is 11.6 Å². The van der Waals surface area contributed by atoms with Crippen LogP contribution in [0.2, 0.25) is 0 Å². The number of para-hydroxylation sites is 2. The summed E-state index contributed by atoms with van der Waals surface area (Å²) in [5.74, 6) is 0.859. The predicted molar refractivity (Wildman–Crippen MR) is 85.3 cm³/mol. The van der Waals surface area contributed by atoms with E-state index in [1.54, 1.807) is 7.11 Å². The van der Waals surface area contributed by atoms with Gasteiger partial charge in [-0.1, -0.05) is 12.1 Å². The van der Waals surface area contributed by atoms with E-state index in [0.717, 1.165) is 43.9 Å². The largest absolute Gasteiger partial charge is 0.495 e. The highest BCUT2D eigenvalue weighted by Gasteiger charge is 2.36. The zero-order chi connectivity index (χ0) is 15.5. The lowest BCUT2D eigenvalue weighted by Crippen LogP contribution is -2.47. The van der Waals surface area contributed by atoms with E-state index in [1.807, 2.05) is 29.2 Å². The molecule has 1 amide bonds. The standard InChI is InChI=1S/C17H24N2O3/c1-12(15-8-5-11-22-15)18-13-9-10-19(17(13)20)14-6-3-4-7-16(14)21-2/h3-4,6-7,12-13,15,18H,5,8-11H2,1-2H3/t12-,13+,15-/m1/s1. The van der Waals surface area contributed by atoms with Gasteiger partial charge >= 0.3 is 0 Å². The van der Waals surface area contributed by atoms with Crippen molar-refractivity contribution in [3.63, 3.8) is 0 Å². The van der Waals surface area contributed by atoms with Crippen molar-refractivity contribution in [1.82, 2.24) is 5.32 Å². The van der Waals surface area contributed by atoms with Gasteiger partial charge in [0.15, 0.2) is 0 Å². The molecule has 2 saturated heterocycles. The Morgan fingerprint density at radius 2 is 2.18 bits per heavy atom. The Labute approximate surface area is 131 Å². The molecule has 120 valence electrons. The van der Waals surface area contributed by atoms with Crippen LogP contribution in [0.15, 0.2) is 24.3 Å². The molecule has 2 fully saturated rings. The molecule has 2 aliphatic heterocycles. The first-order valence-corrected chi connectivity index (χ1v) is 8.02. The number of hydrogen-bond acceptors (Lipinski definition) is 4. The van der Waals surface area contributed by atoms with Crippen LogP contribution in [0.3, 0.4) is 0 Å². The number of amides is 1. The predicted octanol–water partition coefficient (Wildman–Crippen LogP) is 1.96.